The van der Waals surface area contributed by atoms with Gasteiger partial charge in [0, 0.05) is 17.7 Å². The third-order valence-corrected chi connectivity index (χ3v) is 2.21. The van der Waals surface area contributed by atoms with Crippen LogP contribution in [0.3, 0.4) is 0 Å². The van der Waals surface area contributed by atoms with E-state index in [1.165, 1.54) is 11.3 Å². The van der Waals surface area contributed by atoms with E-state index in [-0.39, 0.29) is 0 Å². The van der Waals surface area contributed by atoms with Crippen LogP contribution in [0.15, 0.2) is 5.38 Å². The van der Waals surface area contributed by atoms with E-state index in [0.717, 1.165) is 5.01 Å². The fourth-order valence-corrected chi connectivity index (χ4v) is 1.70. The van der Waals surface area contributed by atoms with Crippen molar-refractivity contribution < 1.29 is 4.79 Å². The summed E-state index contributed by atoms with van der Waals surface area (Å²) in [7, 11) is 0. The number of alkyl halides is 1. The number of hydrogen-bond acceptors (Lipinski definition) is 3. The number of nitrogens with zero attached hydrogens (tertiary/aromatic N) is 1. The van der Waals surface area contributed by atoms with E-state index in [1.807, 2.05) is 0 Å². The molecule has 0 fully saturated rings. The molecule has 0 atom stereocenters. The van der Waals surface area contributed by atoms with Gasteiger partial charge in [-0.25, -0.2) is 4.98 Å². The van der Waals surface area contributed by atoms with Crippen LogP contribution in [0.5, 0.6) is 0 Å². The molecule has 0 aromatic carbocycles. The molecule has 1 rings (SSSR count). The van der Waals surface area contributed by atoms with Crippen molar-refractivity contribution in [1.82, 2.24) is 4.98 Å². The van der Waals surface area contributed by atoms with Crippen molar-refractivity contribution in [1.29, 1.82) is 0 Å². The number of halogens is 1. The molecule has 0 radical (unpaired) electrons. The summed E-state index contributed by atoms with van der Waals surface area (Å²) in [6.45, 7) is 0. The first-order valence-electron chi connectivity index (χ1n) is 3.04. The number of hydrogen-bond donors (Lipinski definition) is 1. The van der Waals surface area contributed by atoms with E-state index in [4.69, 9.17) is 17.3 Å². The highest BCUT2D eigenvalue weighted by atomic mass is 35.5. The quantitative estimate of drug-likeness (QED) is 0.724. The highest BCUT2D eigenvalue weighted by molar-refractivity contribution is 7.09. The Morgan fingerprint density at radius 2 is 2.55 bits per heavy atom. The Morgan fingerprint density at radius 3 is 3.00 bits per heavy atom. The van der Waals surface area contributed by atoms with Crippen LogP contribution in [-0.4, -0.2) is 16.8 Å². The average Bonchev–Trinajstić information content (AvgIpc) is 2.37. The second kappa shape index (κ2) is 3.69. The van der Waals surface area contributed by atoms with Gasteiger partial charge in [-0.1, -0.05) is 0 Å². The van der Waals surface area contributed by atoms with Crippen molar-refractivity contribution in [2.24, 2.45) is 5.73 Å². The molecule has 5 heteroatoms. The first kappa shape index (κ1) is 8.49. The molecule has 3 nitrogen and oxygen atoms in total. The summed E-state index contributed by atoms with van der Waals surface area (Å²) < 4.78 is 0. The van der Waals surface area contributed by atoms with Crippen LogP contribution in [-0.2, 0) is 6.42 Å². The van der Waals surface area contributed by atoms with Gasteiger partial charge >= 0.3 is 0 Å². The largest absolute Gasteiger partial charge is 0.364 e. The Balaban J connectivity index is 2.73. The maximum Gasteiger partial charge on any atom is 0.268 e. The van der Waals surface area contributed by atoms with E-state index in [1.54, 1.807) is 5.38 Å². The molecule has 0 spiro atoms. The minimum Gasteiger partial charge on any atom is -0.364 e. The third kappa shape index (κ3) is 2.17. The van der Waals surface area contributed by atoms with Gasteiger partial charge in [0.15, 0.2) is 0 Å². The fraction of sp³-hybridized carbons (Fsp3) is 0.333. The maximum atomic E-state index is 10.6. The lowest BCUT2D eigenvalue weighted by Crippen LogP contribution is -2.11. The van der Waals surface area contributed by atoms with E-state index >= 15 is 0 Å². The van der Waals surface area contributed by atoms with Crippen LogP contribution in [0.1, 0.15) is 15.5 Å². The molecule has 1 amide bonds. The second-order valence-electron chi connectivity index (χ2n) is 1.93. The highest BCUT2D eigenvalue weighted by Gasteiger charge is 2.05. The molecule has 60 valence electrons. The molecule has 0 saturated heterocycles. The standard InChI is InChI=1S/C6H7ClN2OS/c7-2-1-5-9-4(3-11-5)6(8)10/h3H,1-2H2,(H2,8,10). The van der Waals surface area contributed by atoms with Crippen molar-refractivity contribution in [3.05, 3.63) is 16.1 Å². The molecule has 0 aliphatic rings. The third-order valence-electron chi connectivity index (χ3n) is 1.11. The van der Waals surface area contributed by atoms with Crippen LogP contribution >= 0.6 is 22.9 Å². The van der Waals surface area contributed by atoms with Crippen molar-refractivity contribution in [2.75, 3.05) is 5.88 Å². The molecule has 1 aromatic rings. The molecular weight excluding hydrogens is 184 g/mol. The first-order chi connectivity index (χ1) is 5.24. The zero-order chi connectivity index (χ0) is 8.27. The summed E-state index contributed by atoms with van der Waals surface area (Å²) in [5.74, 6) is 0.0354. The molecule has 0 unspecified atom stereocenters. The van der Waals surface area contributed by atoms with Gasteiger partial charge in [-0.05, 0) is 0 Å². The number of rotatable bonds is 3. The Labute approximate surface area is 73.2 Å². The fourth-order valence-electron chi connectivity index (χ4n) is 0.620. The number of aryl methyl sites for hydroxylation is 1. The molecule has 0 saturated carbocycles. The van der Waals surface area contributed by atoms with Gasteiger partial charge in [0.1, 0.15) is 5.69 Å². The topological polar surface area (TPSA) is 56.0 Å². The first-order valence-corrected chi connectivity index (χ1v) is 4.45. The smallest absolute Gasteiger partial charge is 0.268 e. The molecule has 11 heavy (non-hydrogen) atoms. The molecule has 2 N–H and O–H groups in total. The van der Waals surface area contributed by atoms with Crippen molar-refractivity contribution in [3.63, 3.8) is 0 Å². The maximum absolute atomic E-state index is 10.6. The monoisotopic (exact) mass is 190 g/mol. The number of primary amides is 1. The van der Waals surface area contributed by atoms with Crippen LogP contribution in [0, 0.1) is 0 Å². The molecule has 1 aromatic heterocycles. The Kier molecular flexibility index (Phi) is 2.84. The lowest BCUT2D eigenvalue weighted by molar-refractivity contribution is 0.0996. The van der Waals surface area contributed by atoms with E-state index in [9.17, 15) is 4.79 Å². The number of carbonyl (C=O) groups is 1. The zero-order valence-corrected chi connectivity index (χ0v) is 7.28. The van der Waals surface area contributed by atoms with Gasteiger partial charge in [-0.15, -0.1) is 22.9 Å². The van der Waals surface area contributed by atoms with Crippen LogP contribution in [0.25, 0.3) is 0 Å². The van der Waals surface area contributed by atoms with Gasteiger partial charge in [-0.2, -0.15) is 0 Å². The molecule has 0 bridgehead atoms. The summed E-state index contributed by atoms with van der Waals surface area (Å²) in [4.78, 5) is 14.5. The summed E-state index contributed by atoms with van der Waals surface area (Å²) in [5.41, 5.74) is 5.32. The number of nitrogens with two attached hydrogens (primary N) is 1. The summed E-state index contributed by atoms with van der Waals surface area (Å²) in [5, 5.41) is 2.50. The second-order valence-corrected chi connectivity index (χ2v) is 3.25. The van der Waals surface area contributed by atoms with Crippen LogP contribution in [0.2, 0.25) is 0 Å². The van der Waals surface area contributed by atoms with Gasteiger partial charge in [0.2, 0.25) is 0 Å². The summed E-state index contributed by atoms with van der Waals surface area (Å²) >= 11 is 6.88. The predicted octanol–water partition coefficient (Wildman–Crippen LogP) is 1.02. The van der Waals surface area contributed by atoms with E-state index in [2.05, 4.69) is 4.98 Å². The predicted molar refractivity (Wildman–Crippen MR) is 45.1 cm³/mol. The van der Waals surface area contributed by atoms with E-state index < -0.39 is 5.91 Å². The highest BCUT2D eigenvalue weighted by Crippen LogP contribution is 2.09. The average molecular weight is 191 g/mol. The number of thiazole rings is 1. The van der Waals surface area contributed by atoms with Crippen molar-refractivity contribution in [2.45, 2.75) is 6.42 Å². The van der Waals surface area contributed by atoms with Gasteiger partial charge in [0.25, 0.3) is 5.91 Å². The summed E-state index contributed by atoms with van der Waals surface area (Å²) in [6, 6.07) is 0. The molecule has 0 aliphatic carbocycles. The SMILES string of the molecule is NC(=O)c1csc(CCCl)n1. The Morgan fingerprint density at radius 1 is 1.82 bits per heavy atom. The van der Waals surface area contributed by atoms with Crippen molar-refractivity contribution in [3.8, 4) is 0 Å². The summed E-state index contributed by atoms with van der Waals surface area (Å²) in [6.07, 6.45) is 0.694. The minimum absolute atomic E-state index is 0.329. The molecule has 1 heterocycles. The molecular formula is C6H7ClN2OS. The lowest BCUT2D eigenvalue weighted by atomic mass is 10.4. The normalized spacial score (nSPS) is 9.91. The van der Waals surface area contributed by atoms with Crippen LogP contribution in [0.4, 0.5) is 0 Å². The van der Waals surface area contributed by atoms with Gasteiger partial charge in [0.05, 0.1) is 5.01 Å². The number of aromatic nitrogens is 1. The Hall–Kier alpha value is -0.610. The lowest BCUT2D eigenvalue weighted by Gasteiger charge is -1.86. The van der Waals surface area contributed by atoms with Gasteiger partial charge in [-0.3, -0.25) is 4.79 Å². The van der Waals surface area contributed by atoms with Gasteiger partial charge < -0.3 is 5.73 Å². The van der Waals surface area contributed by atoms with Crippen molar-refractivity contribution >= 4 is 28.8 Å². The zero-order valence-electron chi connectivity index (χ0n) is 5.71. The molecule has 0 aliphatic heterocycles. The number of carbonyl (C=O) groups excluding carboxylic acids is 1. The minimum atomic E-state index is -0.484. The Bertz CT molecular complexity index is 261. The number of amides is 1. The van der Waals surface area contributed by atoms with Crippen LogP contribution < -0.4 is 5.73 Å². The van der Waals surface area contributed by atoms with E-state index in [0.29, 0.717) is 18.0 Å².